The van der Waals surface area contributed by atoms with Crippen LogP contribution in [0.1, 0.15) is 6.42 Å². The number of rotatable bonds is 7. The molecule has 0 aromatic carbocycles. The molecule has 3 atom stereocenters. The lowest BCUT2D eigenvalue weighted by atomic mass is 10.1. The zero-order valence-electron chi connectivity index (χ0n) is 7.55. The molecule has 0 aliphatic carbocycles. The summed E-state index contributed by atoms with van der Waals surface area (Å²) in [4.78, 5) is 10.1. The summed E-state index contributed by atoms with van der Waals surface area (Å²) in [5.41, 5.74) is 0. The molecule has 0 aromatic heterocycles. The first-order valence-electron chi connectivity index (χ1n) is 3.88. The largest absolute Gasteiger partial charge is 0.397 e. The van der Waals surface area contributed by atoms with Gasteiger partial charge in [-0.2, -0.15) is 8.42 Å². The van der Waals surface area contributed by atoms with E-state index in [1.54, 1.807) is 0 Å². The molecule has 0 fully saturated rings. The van der Waals surface area contributed by atoms with E-state index in [1.807, 2.05) is 0 Å². The first-order chi connectivity index (χ1) is 6.81. The van der Waals surface area contributed by atoms with Crippen LogP contribution >= 0.6 is 0 Å². The number of aldehydes is 1. The minimum atomic E-state index is -4.84. The minimum absolute atomic E-state index is 0.239. The SMILES string of the molecule is O=CC[C@H](OS(=O)(=O)O)[C@@H](O)[C@H](O)CO. The average Bonchev–Trinajstić information content (AvgIpc) is 2.13. The zero-order chi connectivity index (χ0) is 12.1. The van der Waals surface area contributed by atoms with Gasteiger partial charge >= 0.3 is 10.4 Å². The second kappa shape index (κ2) is 6.10. The molecular formula is C6H12O8S. The van der Waals surface area contributed by atoms with Gasteiger partial charge in [-0.25, -0.2) is 4.18 Å². The number of hydrogen-bond acceptors (Lipinski definition) is 7. The summed E-state index contributed by atoms with van der Waals surface area (Å²) in [6.45, 7) is -0.842. The molecule has 0 aliphatic heterocycles. The molecule has 0 amide bonds. The molecule has 90 valence electrons. The monoisotopic (exact) mass is 244 g/mol. The highest BCUT2D eigenvalue weighted by atomic mass is 32.3. The van der Waals surface area contributed by atoms with Crippen LogP contribution in [-0.2, 0) is 19.4 Å². The van der Waals surface area contributed by atoms with Crippen LogP contribution in [-0.4, -0.2) is 59.5 Å². The Morgan fingerprint density at radius 1 is 1.33 bits per heavy atom. The van der Waals surface area contributed by atoms with Crippen LogP contribution in [0.4, 0.5) is 0 Å². The Labute approximate surface area is 86.1 Å². The predicted molar refractivity (Wildman–Crippen MR) is 46.2 cm³/mol. The number of carbonyl (C=O) groups excluding carboxylic acids is 1. The Hall–Kier alpha value is -0.580. The van der Waals surface area contributed by atoms with E-state index >= 15 is 0 Å². The Kier molecular flexibility index (Phi) is 5.87. The summed E-state index contributed by atoms with van der Waals surface area (Å²) in [7, 11) is -4.84. The summed E-state index contributed by atoms with van der Waals surface area (Å²) in [6.07, 6.45) is -5.43. The van der Waals surface area contributed by atoms with Gasteiger partial charge in [-0.1, -0.05) is 0 Å². The lowest BCUT2D eigenvalue weighted by Gasteiger charge is -2.22. The van der Waals surface area contributed by atoms with Crippen LogP contribution < -0.4 is 0 Å². The first-order valence-corrected chi connectivity index (χ1v) is 5.24. The average molecular weight is 244 g/mol. The van der Waals surface area contributed by atoms with Gasteiger partial charge in [0.05, 0.1) is 6.61 Å². The van der Waals surface area contributed by atoms with Gasteiger partial charge in [0.1, 0.15) is 24.6 Å². The van der Waals surface area contributed by atoms with E-state index in [4.69, 9.17) is 14.8 Å². The molecule has 0 radical (unpaired) electrons. The minimum Gasteiger partial charge on any atom is -0.394 e. The molecule has 0 rings (SSSR count). The fraction of sp³-hybridized carbons (Fsp3) is 0.833. The zero-order valence-corrected chi connectivity index (χ0v) is 8.37. The predicted octanol–water partition coefficient (Wildman–Crippen LogP) is -2.52. The maximum Gasteiger partial charge on any atom is 0.397 e. The van der Waals surface area contributed by atoms with Crippen molar-refractivity contribution in [2.24, 2.45) is 0 Å². The van der Waals surface area contributed by atoms with E-state index in [2.05, 4.69) is 4.18 Å². The molecule has 0 bridgehead atoms. The van der Waals surface area contributed by atoms with Gasteiger partial charge in [0.2, 0.25) is 0 Å². The second-order valence-corrected chi connectivity index (χ2v) is 3.75. The van der Waals surface area contributed by atoms with Gasteiger partial charge in [-0.3, -0.25) is 4.55 Å². The number of aliphatic hydroxyl groups is 3. The van der Waals surface area contributed by atoms with Gasteiger partial charge in [-0.05, 0) is 0 Å². The molecule has 0 unspecified atom stereocenters. The molecule has 8 nitrogen and oxygen atoms in total. The number of hydrogen-bond donors (Lipinski definition) is 4. The van der Waals surface area contributed by atoms with Crippen molar-refractivity contribution < 1.29 is 37.3 Å². The highest BCUT2D eigenvalue weighted by Gasteiger charge is 2.30. The highest BCUT2D eigenvalue weighted by molar-refractivity contribution is 7.80. The van der Waals surface area contributed by atoms with E-state index in [9.17, 15) is 18.3 Å². The van der Waals surface area contributed by atoms with Crippen LogP contribution in [0.2, 0.25) is 0 Å². The Bertz CT molecular complexity index is 286. The second-order valence-electron chi connectivity index (χ2n) is 2.71. The third kappa shape index (κ3) is 5.77. The van der Waals surface area contributed by atoms with Crippen LogP contribution in [0.3, 0.4) is 0 Å². The van der Waals surface area contributed by atoms with Crippen molar-refractivity contribution in [1.82, 2.24) is 0 Å². The maximum atomic E-state index is 10.3. The third-order valence-corrected chi connectivity index (χ3v) is 2.03. The van der Waals surface area contributed by atoms with Crippen molar-refractivity contribution in [1.29, 1.82) is 0 Å². The summed E-state index contributed by atoms with van der Waals surface area (Å²) in [5, 5.41) is 26.6. The fourth-order valence-electron chi connectivity index (χ4n) is 0.842. The van der Waals surface area contributed by atoms with Crippen LogP contribution in [0.15, 0.2) is 0 Å². The van der Waals surface area contributed by atoms with Crippen molar-refractivity contribution in [3.63, 3.8) is 0 Å². The number of carbonyl (C=O) groups is 1. The molecule has 0 saturated carbocycles. The molecule has 9 heteroatoms. The Balaban J connectivity index is 4.58. The summed E-state index contributed by atoms with van der Waals surface area (Å²) in [6, 6.07) is 0. The highest BCUT2D eigenvalue weighted by Crippen LogP contribution is 2.10. The summed E-state index contributed by atoms with van der Waals surface area (Å²) < 4.78 is 32.8. The van der Waals surface area contributed by atoms with Crippen LogP contribution in [0, 0.1) is 0 Å². The standard InChI is InChI=1S/C6H12O8S/c7-2-1-5(14-15(11,12)13)6(10)4(9)3-8/h2,4-6,8-10H,1,3H2,(H,11,12,13)/t4-,5+,6+/m1/s1. The molecule has 0 saturated heterocycles. The molecule has 0 aliphatic rings. The summed E-state index contributed by atoms with van der Waals surface area (Å²) >= 11 is 0. The topological polar surface area (TPSA) is 141 Å². The van der Waals surface area contributed by atoms with Gasteiger partial charge in [0.15, 0.2) is 0 Å². The van der Waals surface area contributed by atoms with Crippen molar-refractivity contribution >= 4 is 16.7 Å². The summed E-state index contributed by atoms with van der Waals surface area (Å²) in [5.74, 6) is 0. The molecule has 4 N–H and O–H groups in total. The lowest BCUT2D eigenvalue weighted by molar-refractivity contribution is -0.113. The van der Waals surface area contributed by atoms with Crippen molar-refractivity contribution in [3.05, 3.63) is 0 Å². The van der Waals surface area contributed by atoms with E-state index in [0.717, 1.165) is 0 Å². The van der Waals surface area contributed by atoms with Crippen molar-refractivity contribution in [2.75, 3.05) is 6.61 Å². The van der Waals surface area contributed by atoms with E-state index < -0.39 is 41.7 Å². The van der Waals surface area contributed by atoms with E-state index in [-0.39, 0.29) is 6.29 Å². The van der Waals surface area contributed by atoms with E-state index in [0.29, 0.717) is 0 Å². The fourth-order valence-corrected chi connectivity index (χ4v) is 1.35. The Morgan fingerprint density at radius 2 is 1.87 bits per heavy atom. The first kappa shape index (κ1) is 14.4. The van der Waals surface area contributed by atoms with Gasteiger partial charge < -0.3 is 20.1 Å². The molecule has 15 heavy (non-hydrogen) atoms. The van der Waals surface area contributed by atoms with E-state index in [1.165, 1.54) is 0 Å². The van der Waals surface area contributed by atoms with Gasteiger partial charge in [-0.15, -0.1) is 0 Å². The van der Waals surface area contributed by atoms with Crippen LogP contribution in [0.25, 0.3) is 0 Å². The third-order valence-electron chi connectivity index (χ3n) is 1.54. The molecule has 0 heterocycles. The van der Waals surface area contributed by atoms with Crippen LogP contribution in [0.5, 0.6) is 0 Å². The molecular weight excluding hydrogens is 232 g/mol. The van der Waals surface area contributed by atoms with Crippen molar-refractivity contribution in [2.45, 2.75) is 24.7 Å². The van der Waals surface area contributed by atoms with Crippen molar-refractivity contribution in [3.8, 4) is 0 Å². The normalized spacial score (nSPS) is 18.1. The van der Waals surface area contributed by atoms with Gasteiger partial charge in [0.25, 0.3) is 0 Å². The van der Waals surface area contributed by atoms with Gasteiger partial charge in [0, 0.05) is 6.42 Å². The smallest absolute Gasteiger partial charge is 0.394 e. The molecule has 0 spiro atoms. The Morgan fingerprint density at radius 3 is 2.20 bits per heavy atom. The lowest BCUT2D eigenvalue weighted by Crippen LogP contribution is -2.42. The maximum absolute atomic E-state index is 10.3. The number of aliphatic hydroxyl groups excluding tert-OH is 3. The quantitative estimate of drug-likeness (QED) is 0.284. The molecule has 0 aromatic rings.